The summed E-state index contributed by atoms with van der Waals surface area (Å²) in [6.45, 7) is 2.81. The summed E-state index contributed by atoms with van der Waals surface area (Å²) < 4.78 is 26.2. The lowest BCUT2D eigenvalue weighted by Gasteiger charge is -2.25. The highest BCUT2D eigenvalue weighted by atomic mass is 32.2. The van der Waals surface area contributed by atoms with E-state index in [0.717, 1.165) is 40.1 Å². The molecular formula is C41H49N5O5S. The summed E-state index contributed by atoms with van der Waals surface area (Å²) >= 11 is 0. The van der Waals surface area contributed by atoms with E-state index in [2.05, 4.69) is 21.3 Å². The van der Waals surface area contributed by atoms with Crippen LogP contribution in [0.4, 0.5) is 5.69 Å². The molecule has 0 aliphatic heterocycles. The van der Waals surface area contributed by atoms with Crippen molar-refractivity contribution in [2.45, 2.75) is 57.2 Å². The van der Waals surface area contributed by atoms with E-state index in [-0.39, 0.29) is 28.8 Å². The Kier molecular flexibility index (Phi) is 13.2. The molecule has 0 saturated heterocycles. The van der Waals surface area contributed by atoms with Crippen LogP contribution < -0.4 is 25.6 Å². The molecule has 3 atom stereocenters. The zero-order chi connectivity index (χ0) is 37.1. The van der Waals surface area contributed by atoms with Crippen LogP contribution in [0.3, 0.4) is 0 Å². The number of aryl methyl sites for hydroxylation is 1. The molecule has 52 heavy (non-hydrogen) atoms. The highest BCUT2D eigenvalue weighted by molar-refractivity contribution is 7.92. The minimum atomic E-state index is -3.71. The monoisotopic (exact) mass is 723 g/mol. The van der Waals surface area contributed by atoms with Gasteiger partial charge in [0.15, 0.2) is 0 Å². The van der Waals surface area contributed by atoms with Crippen LogP contribution >= 0.6 is 0 Å². The molecule has 11 heteroatoms. The zero-order valence-corrected chi connectivity index (χ0v) is 30.9. The van der Waals surface area contributed by atoms with Crippen LogP contribution in [0.2, 0.25) is 0 Å². The fourth-order valence-electron chi connectivity index (χ4n) is 5.95. The highest BCUT2D eigenvalue weighted by Gasteiger charge is 2.26. The molecule has 5 rings (SSSR count). The van der Waals surface area contributed by atoms with Crippen molar-refractivity contribution in [1.82, 2.24) is 21.3 Å². The van der Waals surface area contributed by atoms with Crippen LogP contribution in [0.15, 0.2) is 109 Å². The number of nitrogens with zero attached hydrogens (tertiary/aromatic N) is 1. The summed E-state index contributed by atoms with van der Waals surface area (Å²) in [5.41, 5.74) is 3.49. The number of hydrogen-bond acceptors (Lipinski definition) is 6. The molecule has 0 radical (unpaired) electrons. The van der Waals surface area contributed by atoms with Gasteiger partial charge in [-0.05, 0) is 79.8 Å². The fraction of sp³-hybridized carbons (Fsp3) is 0.341. The van der Waals surface area contributed by atoms with Crippen molar-refractivity contribution in [3.8, 4) is 0 Å². The Morgan fingerprint density at radius 3 is 1.92 bits per heavy atom. The van der Waals surface area contributed by atoms with Gasteiger partial charge in [0.05, 0.1) is 24.0 Å². The van der Waals surface area contributed by atoms with Gasteiger partial charge in [-0.25, -0.2) is 8.42 Å². The molecule has 1 aliphatic carbocycles. The topological polar surface area (TPSA) is 137 Å². The molecule has 4 N–H and O–H groups in total. The molecule has 1 fully saturated rings. The first-order valence-corrected chi connectivity index (χ1v) is 19.7. The van der Waals surface area contributed by atoms with E-state index in [1.54, 1.807) is 0 Å². The lowest BCUT2D eigenvalue weighted by Crippen LogP contribution is -2.51. The number of rotatable bonds is 18. The predicted molar refractivity (Wildman–Crippen MR) is 206 cm³/mol. The van der Waals surface area contributed by atoms with Crippen molar-refractivity contribution in [1.29, 1.82) is 0 Å². The van der Waals surface area contributed by atoms with E-state index < -0.39 is 33.9 Å². The Morgan fingerprint density at radius 2 is 1.35 bits per heavy atom. The summed E-state index contributed by atoms with van der Waals surface area (Å²) in [7, 11) is -2.33. The van der Waals surface area contributed by atoms with Gasteiger partial charge in [-0.2, -0.15) is 0 Å². The van der Waals surface area contributed by atoms with Crippen LogP contribution in [0, 0.1) is 5.92 Å². The van der Waals surface area contributed by atoms with E-state index in [9.17, 15) is 22.8 Å². The summed E-state index contributed by atoms with van der Waals surface area (Å²) in [5, 5.41) is 12.6. The molecule has 0 aromatic heterocycles. The molecule has 3 amide bonds. The van der Waals surface area contributed by atoms with Crippen molar-refractivity contribution < 1.29 is 22.8 Å². The third kappa shape index (κ3) is 11.5. The van der Waals surface area contributed by atoms with Crippen LogP contribution in [0.1, 0.15) is 69.6 Å². The van der Waals surface area contributed by atoms with Gasteiger partial charge in [-0.3, -0.25) is 18.7 Å². The van der Waals surface area contributed by atoms with Gasteiger partial charge in [-0.15, -0.1) is 0 Å². The summed E-state index contributed by atoms with van der Waals surface area (Å²) in [4.78, 5) is 41.0. The zero-order valence-electron chi connectivity index (χ0n) is 30.0. The van der Waals surface area contributed by atoms with E-state index in [4.69, 9.17) is 0 Å². The number of amides is 3. The smallest absolute Gasteiger partial charge is 0.251 e. The number of benzene rings is 4. The number of sulfonamides is 1. The standard InChI is InChI=1S/C41H49N5O5S/c1-29(33-17-11-6-12-18-33)44-39(47)34-24-35(26-37(25-34)46(2)52(3,50)51)40(48)45-36(23-31-15-9-5-10-16-31)28-42-38(41(49)43-27-32-19-20-32)22-21-30-13-7-4-8-14-30/h4-18,24-26,29,32,36,38,42H,19-23,27-28H2,1-3H3,(H,43,49)(H,44,47)(H,45,48)/t29-,36+,38+/m1/s1. The molecule has 0 bridgehead atoms. The van der Waals surface area contributed by atoms with Gasteiger partial charge >= 0.3 is 0 Å². The van der Waals surface area contributed by atoms with E-state index in [1.165, 1.54) is 25.2 Å². The number of nitrogens with one attached hydrogen (secondary N) is 4. The minimum Gasteiger partial charge on any atom is -0.354 e. The van der Waals surface area contributed by atoms with Crippen molar-refractivity contribution in [2.75, 3.05) is 30.7 Å². The van der Waals surface area contributed by atoms with Crippen molar-refractivity contribution in [3.63, 3.8) is 0 Å². The number of hydrogen-bond donors (Lipinski definition) is 4. The van der Waals surface area contributed by atoms with Gasteiger partial charge in [0.2, 0.25) is 15.9 Å². The molecule has 0 spiro atoms. The second kappa shape index (κ2) is 18.0. The molecule has 4 aromatic rings. The van der Waals surface area contributed by atoms with Gasteiger partial charge in [0.1, 0.15) is 0 Å². The predicted octanol–water partition coefficient (Wildman–Crippen LogP) is 5.03. The third-order valence-corrected chi connectivity index (χ3v) is 10.6. The van der Waals surface area contributed by atoms with E-state index >= 15 is 0 Å². The summed E-state index contributed by atoms with van der Waals surface area (Å²) in [5.74, 6) is -0.454. The Hall–Kier alpha value is -5.00. The highest BCUT2D eigenvalue weighted by Crippen LogP contribution is 2.27. The second-order valence-corrected chi connectivity index (χ2v) is 15.7. The van der Waals surface area contributed by atoms with E-state index in [1.807, 2.05) is 97.9 Å². The number of anilines is 1. The lowest BCUT2D eigenvalue weighted by molar-refractivity contribution is -0.123. The minimum absolute atomic E-state index is 0.0653. The Morgan fingerprint density at radius 1 is 0.788 bits per heavy atom. The molecular weight excluding hydrogens is 675 g/mol. The normalized spacial score (nSPS) is 14.4. The molecule has 274 valence electrons. The quantitative estimate of drug-likeness (QED) is 0.114. The summed E-state index contributed by atoms with van der Waals surface area (Å²) in [6, 6.07) is 32.4. The Labute approximate surface area is 307 Å². The maximum absolute atomic E-state index is 14.0. The first-order chi connectivity index (χ1) is 25.0. The van der Waals surface area contributed by atoms with Gasteiger partial charge in [0, 0.05) is 37.3 Å². The fourth-order valence-corrected chi connectivity index (χ4v) is 6.44. The SMILES string of the molecule is C[C@@H](NC(=O)c1cc(C(=O)N[C@H](CN[C@@H](CCc2ccccc2)C(=O)NCC2CC2)Cc2ccccc2)cc(N(C)S(C)(=O)=O)c1)c1ccccc1. The first-order valence-electron chi connectivity index (χ1n) is 17.8. The Bertz CT molecular complexity index is 1900. The van der Waals surface area contributed by atoms with Crippen molar-refractivity contribution in [3.05, 3.63) is 137 Å². The summed E-state index contributed by atoms with van der Waals surface area (Å²) in [6.07, 6.45) is 5.08. The average Bonchev–Trinajstić information content (AvgIpc) is 3.99. The molecule has 4 aromatic carbocycles. The van der Waals surface area contributed by atoms with Gasteiger partial charge < -0.3 is 21.3 Å². The van der Waals surface area contributed by atoms with Gasteiger partial charge in [0.25, 0.3) is 11.8 Å². The first kappa shape index (κ1) is 38.2. The van der Waals surface area contributed by atoms with Crippen molar-refractivity contribution in [2.24, 2.45) is 5.92 Å². The second-order valence-electron chi connectivity index (χ2n) is 13.6. The lowest BCUT2D eigenvalue weighted by atomic mass is 10.0. The van der Waals surface area contributed by atoms with Crippen LogP contribution in [0.25, 0.3) is 0 Å². The van der Waals surface area contributed by atoms with Crippen LogP contribution in [0.5, 0.6) is 0 Å². The number of carbonyl (C=O) groups is 3. The largest absolute Gasteiger partial charge is 0.354 e. The average molecular weight is 724 g/mol. The van der Waals surface area contributed by atoms with Gasteiger partial charge in [-0.1, -0.05) is 91.0 Å². The third-order valence-electron chi connectivity index (χ3n) is 9.36. The molecule has 10 nitrogen and oxygen atoms in total. The van der Waals surface area contributed by atoms with Crippen molar-refractivity contribution >= 4 is 33.4 Å². The number of carbonyl (C=O) groups excluding carboxylic acids is 3. The molecule has 0 unspecified atom stereocenters. The van der Waals surface area contributed by atoms with E-state index in [0.29, 0.717) is 38.3 Å². The molecule has 1 aliphatic rings. The Balaban J connectivity index is 1.37. The molecule has 1 saturated carbocycles. The van der Waals surface area contributed by atoms with Crippen LogP contribution in [-0.4, -0.2) is 64.6 Å². The maximum Gasteiger partial charge on any atom is 0.251 e. The molecule has 0 heterocycles. The maximum atomic E-state index is 14.0. The van der Waals surface area contributed by atoms with Crippen LogP contribution in [-0.2, 0) is 27.7 Å².